The normalized spacial score (nSPS) is 19.3. The van der Waals surface area contributed by atoms with E-state index in [9.17, 15) is 4.79 Å². The van der Waals surface area contributed by atoms with Crippen LogP contribution in [0.2, 0.25) is 0 Å². The van der Waals surface area contributed by atoms with E-state index in [0.29, 0.717) is 23.6 Å². The van der Waals surface area contributed by atoms with Gasteiger partial charge in [0.2, 0.25) is 0 Å². The highest BCUT2D eigenvalue weighted by Crippen LogP contribution is 2.25. The topological polar surface area (TPSA) is 70.8 Å². The molecule has 1 heterocycles. The number of nitrogens with two attached hydrogens (primary N) is 1. The van der Waals surface area contributed by atoms with Gasteiger partial charge in [-0.05, 0) is 25.0 Å². The van der Waals surface area contributed by atoms with Gasteiger partial charge in [0.05, 0.1) is 13.7 Å². The second-order valence-corrected chi connectivity index (χ2v) is 4.20. The lowest BCUT2D eigenvalue weighted by Gasteiger charge is -2.24. The number of hydrogen-bond acceptors (Lipinski definition) is 5. The lowest BCUT2D eigenvalue weighted by atomic mass is 10.1. The van der Waals surface area contributed by atoms with Gasteiger partial charge in [0.25, 0.3) is 0 Å². The van der Waals surface area contributed by atoms with E-state index >= 15 is 0 Å². The van der Waals surface area contributed by atoms with E-state index in [2.05, 4.69) is 0 Å². The van der Waals surface area contributed by atoms with Gasteiger partial charge in [-0.1, -0.05) is 0 Å². The van der Waals surface area contributed by atoms with Crippen LogP contribution < -0.4 is 10.5 Å². The van der Waals surface area contributed by atoms with Gasteiger partial charge in [-0.2, -0.15) is 0 Å². The zero-order chi connectivity index (χ0) is 13.0. The Bertz CT molecular complexity index is 427. The van der Waals surface area contributed by atoms with E-state index in [1.807, 2.05) is 0 Å². The lowest BCUT2D eigenvalue weighted by Crippen LogP contribution is -2.28. The summed E-state index contributed by atoms with van der Waals surface area (Å²) in [5, 5.41) is 0. The maximum absolute atomic E-state index is 11.6. The van der Waals surface area contributed by atoms with Gasteiger partial charge in [-0.3, -0.25) is 0 Å². The van der Waals surface area contributed by atoms with E-state index in [4.69, 9.17) is 19.9 Å². The highest BCUT2D eigenvalue weighted by molar-refractivity contribution is 5.93. The number of methoxy groups -OCH3 is 1. The Kier molecular flexibility index (Phi) is 4.04. The van der Waals surface area contributed by atoms with Crippen LogP contribution in [0.1, 0.15) is 23.2 Å². The Balaban J connectivity index is 2.18. The van der Waals surface area contributed by atoms with Crippen molar-refractivity contribution < 1.29 is 19.0 Å². The molecule has 1 aliphatic heterocycles. The summed E-state index contributed by atoms with van der Waals surface area (Å²) in [5.74, 6) is 0.0269. The average Bonchev–Trinajstić information content (AvgIpc) is 2.39. The fourth-order valence-corrected chi connectivity index (χ4v) is 1.90. The van der Waals surface area contributed by atoms with Crippen LogP contribution in [0.3, 0.4) is 0 Å². The van der Waals surface area contributed by atoms with Crippen molar-refractivity contribution in [3.8, 4) is 5.75 Å². The molecule has 1 fully saturated rings. The minimum absolute atomic E-state index is 0.0380. The second kappa shape index (κ2) is 5.73. The molecule has 2 N–H and O–H groups in total. The van der Waals surface area contributed by atoms with Crippen LogP contribution in [0.25, 0.3) is 0 Å². The van der Waals surface area contributed by atoms with Crippen molar-refractivity contribution in [2.75, 3.05) is 26.1 Å². The Morgan fingerprint density at radius 3 is 3.00 bits per heavy atom. The summed E-state index contributed by atoms with van der Waals surface area (Å²) in [6.07, 6.45) is 1.83. The molecule has 1 saturated heterocycles. The Morgan fingerprint density at radius 1 is 1.50 bits per heavy atom. The van der Waals surface area contributed by atoms with Gasteiger partial charge in [0, 0.05) is 18.4 Å². The predicted molar refractivity (Wildman–Crippen MR) is 66.7 cm³/mol. The minimum atomic E-state index is -0.429. The number of carbonyl (C=O) groups is 1. The molecule has 0 radical (unpaired) electrons. The Labute approximate surface area is 106 Å². The van der Waals surface area contributed by atoms with Crippen molar-refractivity contribution in [2.24, 2.45) is 0 Å². The molecule has 1 aromatic carbocycles. The van der Waals surface area contributed by atoms with Crippen molar-refractivity contribution >= 4 is 11.7 Å². The summed E-state index contributed by atoms with van der Waals surface area (Å²) in [6, 6.07) is 4.90. The zero-order valence-corrected chi connectivity index (χ0v) is 10.3. The molecule has 2 rings (SSSR count). The number of benzene rings is 1. The number of rotatable bonds is 3. The maximum Gasteiger partial charge on any atom is 0.341 e. The maximum atomic E-state index is 11.6. The van der Waals surface area contributed by atoms with Gasteiger partial charge in [0.1, 0.15) is 17.4 Å². The number of esters is 1. The molecule has 0 amide bonds. The summed E-state index contributed by atoms with van der Waals surface area (Å²) in [6.45, 7) is 1.30. The molecule has 98 valence electrons. The third kappa shape index (κ3) is 2.92. The van der Waals surface area contributed by atoms with Crippen molar-refractivity contribution in [3.63, 3.8) is 0 Å². The SMILES string of the molecule is COC(=O)c1ccc(N)cc1OC1CCCOC1. The Morgan fingerprint density at radius 2 is 2.33 bits per heavy atom. The van der Waals surface area contributed by atoms with Crippen LogP contribution in [0.4, 0.5) is 5.69 Å². The number of ether oxygens (including phenoxy) is 3. The van der Waals surface area contributed by atoms with Crippen molar-refractivity contribution in [3.05, 3.63) is 23.8 Å². The molecule has 0 bridgehead atoms. The van der Waals surface area contributed by atoms with Crippen LogP contribution in [0, 0.1) is 0 Å². The minimum Gasteiger partial charge on any atom is -0.487 e. The molecule has 1 unspecified atom stereocenters. The molecule has 0 aromatic heterocycles. The number of carbonyl (C=O) groups excluding carboxylic acids is 1. The summed E-state index contributed by atoms with van der Waals surface area (Å²) in [7, 11) is 1.34. The van der Waals surface area contributed by atoms with E-state index in [-0.39, 0.29) is 6.10 Å². The van der Waals surface area contributed by atoms with Gasteiger partial charge < -0.3 is 19.9 Å². The lowest BCUT2D eigenvalue weighted by molar-refractivity contribution is 0.00667. The number of nitrogen functional groups attached to an aromatic ring is 1. The van der Waals surface area contributed by atoms with Crippen LogP contribution in [0.15, 0.2) is 18.2 Å². The van der Waals surface area contributed by atoms with Gasteiger partial charge >= 0.3 is 5.97 Å². The molecular weight excluding hydrogens is 234 g/mol. The number of anilines is 1. The van der Waals surface area contributed by atoms with Gasteiger partial charge in [0.15, 0.2) is 0 Å². The standard InChI is InChI=1S/C13H17NO4/c1-16-13(15)11-5-4-9(14)7-12(11)18-10-3-2-6-17-8-10/h4-5,7,10H,2-3,6,8,14H2,1H3. The molecule has 5 heteroatoms. The van der Waals surface area contributed by atoms with Gasteiger partial charge in [-0.15, -0.1) is 0 Å². The molecule has 18 heavy (non-hydrogen) atoms. The monoisotopic (exact) mass is 251 g/mol. The highest BCUT2D eigenvalue weighted by Gasteiger charge is 2.20. The number of hydrogen-bond donors (Lipinski definition) is 1. The first-order chi connectivity index (χ1) is 8.70. The Hall–Kier alpha value is -1.75. The van der Waals surface area contributed by atoms with Crippen LogP contribution >= 0.6 is 0 Å². The second-order valence-electron chi connectivity index (χ2n) is 4.20. The molecule has 1 atom stereocenters. The molecule has 0 aliphatic carbocycles. The molecule has 0 saturated carbocycles. The quantitative estimate of drug-likeness (QED) is 0.653. The molecule has 0 spiro atoms. The van der Waals surface area contributed by atoms with Gasteiger partial charge in [-0.25, -0.2) is 4.79 Å². The zero-order valence-electron chi connectivity index (χ0n) is 10.3. The largest absolute Gasteiger partial charge is 0.487 e. The third-order valence-corrected chi connectivity index (χ3v) is 2.82. The van der Waals surface area contributed by atoms with Crippen LogP contribution in [-0.2, 0) is 9.47 Å². The van der Waals surface area contributed by atoms with E-state index in [1.165, 1.54) is 7.11 Å². The van der Waals surface area contributed by atoms with Crippen molar-refractivity contribution in [2.45, 2.75) is 18.9 Å². The fraction of sp³-hybridized carbons (Fsp3) is 0.462. The first kappa shape index (κ1) is 12.7. The van der Waals surface area contributed by atoms with E-state index in [1.54, 1.807) is 18.2 Å². The van der Waals surface area contributed by atoms with Crippen molar-refractivity contribution in [1.29, 1.82) is 0 Å². The first-order valence-electron chi connectivity index (χ1n) is 5.93. The molecule has 1 aromatic rings. The molecule has 1 aliphatic rings. The average molecular weight is 251 g/mol. The fourth-order valence-electron chi connectivity index (χ4n) is 1.90. The van der Waals surface area contributed by atoms with Crippen molar-refractivity contribution in [1.82, 2.24) is 0 Å². The predicted octanol–water partition coefficient (Wildman–Crippen LogP) is 1.61. The first-order valence-corrected chi connectivity index (χ1v) is 5.93. The van der Waals surface area contributed by atoms with Crippen LogP contribution in [0.5, 0.6) is 5.75 Å². The van der Waals surface area contributed by atoms with E-state index < -0.39 is 5.97 Å². The molecular formula is C13H17NO4. The van der Waals surface area contributed by atoms with Crippen LogP contribution in [-0.4, -0.2) is 32.4 Å². The third-order valence-electron chi connectivity index (χ3n) is 2.82. The summed E-state index contributed by atoms with van der Waals surface area (Å²) in [5.41, 5.74) is 6.65. The van der Waals surface area contributed by atoms with E-state index in [0.717, 1.165) is 19.4 Å². The smallest absolute Gasteiger partial charge is 0.341 e. The summed E-state index contributed by atoms with van der Waals surface area (Å²) >= 11 is 0. The summed E-state index contributed by atoms with van der Waals surface area (Å²) in [4.78, 5) is 11.6. The summed E-state index contributed by atoms with van der Waals surface area (Å²) < 4.78 is 15.8. The highest BCUT2D eigenvalue weighted by atomic mass is 16.5. The molecule has 5 nitrogen and oxygen atoms in total.